The zero-order valence-electron chi connectivity index (χ0n) is 11.9. The highest BCUT2D eigenvalue weighted by atomic mass is 32.1. The number of nitrogens with one attached hydrogen (secondary N) is 1. The average Bonchev–Trinajstić information content (AvgIpc) is 3.10. The van der Waals surface area contributed by atoms with Gasteiger partial charge in [0, 0.05) is 33.9 Å². The molecule has 7 heteroatoms. The first kappa shape index (κ1) is 14.0. The van der Waals surface area contributed by atoms with Crippen LogP contribution < -0.4 is 5.32 Å². The van der Waals surface area contributed by atoms with E-state index in [1.807, 2.05) is 5.38 Å². The Labute approximate surface area is 130 Å². The summed E-state index contributed by atoms with van der Waals surface area (Å²) in [4.78, 5) is 19.0. The van der Waals surface area contributed by atoms with Crippen LogP contribution in [0.5, 0.6) is 0 Å². The summed E-state index contributed by atoms with van der Waals surface area (Å²) in [6.07, 6.45) is 3.21. The molecule has 0 saturated carbocycles. The summed E-state index contributed by atoms with van der Waals surface area (Å²) in [6.45, 7) is 4.17. The van der Waals surface area contributed by atoms with E-state index in [9.17, 15) is 4.79 Å². The van der Waals surface area contributed by atoms with Crippen molar-refractivity contribution in [2.45, 2.75) is 13.8 Å². The van der Waals surface area contributed by atoms with Gasteiger partial charge in [0.2, 0.25) is 0 Å². The molecule has 3 aromatic rings. The predicted octanol–water partition coefficient (Wildman–Crippen LogP) is 3.47. The van der Waals surface area contributed by atoms with Gasteiger partial charge in [0.15, 0.2) is 5.13 Å². The zero-order valence-corrected chi connectivity index (χ0v) is 13.5. The maximum atomic E-state index is 12.0. The van der Waals surface area contributed by atoms with E-state index in [4.69, 9.17) is 0 Å². The lowest BCUT2D eigenvalue weighted by Gasteiger charge is -1.98. The van der Waals surface area contributed by atoms with Crippen molar-refractivity contribution in [3.63, 3.8) is 0 Å². The van der Waals surface area contributed by atoms with Gasteiger partial charge in [-0.25, -0.2) is 4.98 Å². The number of hydrogen-bond donors (Lipinski definition) is 1. The van der Waals surface area contributed by atoms with Crippen molar-refractivity contribution < 1.29 is 4.79 Å². The van der Waals surface area contributed by atoms with E-state index >= 15 is 0 Å². The first-order chi connectivity index (χ1) is 10.0. The van der Waals surface area contributed by atoms with E-state index in [0.29, 0.717) is 10.7 Å². The van der Waals surface area contributed by atoms with Crippen LogP contribution in [0.3, 0.4) is 0 Å². The topological polar surface area (TPSA) is 59.8 Å². The van der Waals surface area contributed by atoms with Gasteiger partial charge in [-0.2, -0.15) is 5.10 Å². The molecule has 108 valence electrons. The number of thiophene rings is 1. The molecule has 0 radical (unpaired) electrons. The molecule has 0 bridgehead atoms. The first-order valence-electron chi connectivity index (χ1n) is 6.36. The molecule has 0 aliphatic rings. The molecular weight excluding hydrogens is 304 g/mol. The Morgan fingerprint density at radius 3 is 2.81 bits per heavy atom. The predicted molar refractivity (Wildman–Crippen MR) is 86.1 cm³/mol. The van der Waals surface area contributed by atoms with Crippen molar-refractivity contribution in [1.29, 1.82) is 0 Å². The van der Waals surface area contributed by atoms with Crippen molar-refractivity contribution in [2.75, 3.05) is 5.32 Å². The van der Waals surface area contributed by atoms with Crippen LogP contribution >= 0.6 is 22.7 Å². The van der Waals surface area contributed by atoms with Gasteiger partial charge in [0.05, 0.1) is 17.5 Å². The minimum absolute atomic E-state index is 0.192. The highest BCUT2D eigenvalue weighted by Gasteiger charge is 2.13. The van der Waals surface area contributed by atoms with Crippen LogP contribution in [0.4, 0.5) is 5.13 Å². The fourth-order valence-corrected chi connectivity index (χ4v) is 3.69. The zero-order chi connectivity index (χ0) is 15.0. The summed E-state index contributed by atoms with van der Waals surface area (Å²) < 4.78 is 1.60. The van der Waals surface area contributed by atoms with E-state index in [1.54, 1.807) is 29.3 Å². The Morgan fingerprint density at radius 2 is 2.19 bits per heavy atom. The number of rotatable bonds is 3. The van der Waals surface area contributed by atoms with Crippen molar-refractivity contribution in [2.24, 2.45) is 7.05 Å². The molecular formula is C14H14N4OS2. The number of nitrogens with zero attached hydrogens (tertiary/aromatic N) is 3. The van der Waals surface area contributed by atoms with Crippen LogP contribution in [0.1, 0.15) is 20.1 Å². The summed E-state index contributed by atoms with van der Waals surface area (Å²) in [5.74, 6) is -0.192. The van der Waals surface area contributed by atoms with Crippen molar-refractivity contribution in [3.05, 3.63) is 39.2 Å². The molecule has 0 fully saturated rings. The minimum atomic E-state index is -0.192. The van der Waals surface area contributed by atoms with Gasteiger partial charge in [0.25, 0.3) is 5.91 Å². The summed E-state index contributed by atoms with van der Waals surface area (Å²) in [5.41, 5.74) is 2.57. The van der Waals surface area contributed by atoms with Crippen molar-refractivity contribution >= 4 is 33.7 Å². The molecule has 0 aromatic carbocycles. The van der Waals surface area contributed by atoms with Gasteiger partial charge in [-0.1, -0.05) is 0 Å². The molecule has 0 atom stereocenters. The number of aromatic nitrogens is 3. The summed E-state index contributed by atoms with van der Waals surface area (Å²) in [7, 11) is 1.78. The summed E-state index contributed by atoms with van der Waals surface area (Å²) in [5, 5.41) is 9.36. The van der Waals surface area contributed by atoms with Crippen molar-refractivity contribution in [3.8, 4) is 11.3 Å². The number of carbonyl (C=O) groups is 1. The molecule has 1 N–H and O–H groups in total. The van der Waals surface area contributed by atoms with E-state index in [-0.39, 0.29) is 5.91 Å². The molecule has 3 rings (SSSR count). The van der Waals surface area contributed by atoms with Gasteiger partial charge in [0.1, 0.15) is 0 Å². The van der Waals surface area contributed by atoms with E-state index in [2.05, 4.69) is 35.3 Å². The summed E-state index contributed by atoms with van der Waals surface area (Å²) >= 11 is 3.18. The quantitative estimate of drug-likeness (QED) is 0.804. The first-order valence-corrected chi connectivity index (χ1v) is 8.05. The highest BCUT2D eigenvalue weighted by molar-refractivity contribution is 7.14. The van der Waals surface area contributed by atoms with Gasteiger partial charge in [-0.3, -0.25) is 14.8 Å². The fraction of sp³-hybridized carbons (Fsp3) is 0.214. The lowest BCUT2D eigenvalue weighted by molar-refractivity contribution is 0.102. The number of thiazole rings is 1. The number of amides is 1. The van der Waals surface area contributed by atoms with Gasteiger partial charge < -0.3 is 0 Å². The van der Waals surface area contributed by atoms with E-state index < -0.39 is 0 Å². The van der Waals surface area contributed by atoms with Crippen LogP contribution in [0, 0.1) is 13.8 Å². The maximum Gasteiger partial charge on any atom is 0.260 e. The minimum Gasteiger partial charge on any atom is -0.298 e. The number of carbonyl (C=O) groups excluding carboxylic acids is 1. The largest absolute Gasteiger partial charge is 0.298 e. The normalized spacial score (nSPS) is 10.8. The smallest absolute Gasteiger partial charge is 0.260 e. The second kappa shape index (κ2) is 5.42. The molecule has 5 nitrogen and oxygen atoms in total. The molecule has 1 amide bonds. The Hall–Kier alpha value is -1.99. The Bertz CT molecular complexity index is 800. The highest BCUT2D eigenvalue weighted by Crippen LogP contribution is 2.32. The van der Waals surface area contributed by atoms with Crippen LogP contribution in [0.15, 0.2) is 23.8 Å². The van der Waals surface area contributed by atoms with Gasteiger partial charge in [-0.05, 0) is 19.9 Å². The Kier molecular flexibility index (Phi) is 3.60. The molecule has 0 unspecified atom stereocenters. The fourth-order valence-electron chi connectivity index (χ4n) is 2.05. The summed E-state index contributed by atoms with van der Waals surface area (Å²) in [6, 6.07) is 2.13. The lowest BCUT2D eigenvalue weighted by atomic mass is 10.2. The monoisotopic (exact) mass is 318 g/mol. The molecule has 3 heterocycles. The third-order valence-electron chi connectivity index (χ3n) is 3.01. The average molecular weight is 318 g/mol. The molecule has 0 saturated heterocycles. The Balaban J connectivity index is 1.79. The van der Waals surface area contributed by atoms with E-state index in [0.717, 1.165) is 11.3 Å². The van der Waals surface area contributed by atoms with Crippen LogP contribution in [-0.2, 0) is 7.05 Å². The van der Waals surface area contributed by atoms with Crippen LogP contribution in [0.25, 0.3) is 11.3 Å². The second-order valence-electron chi connectivity index (χ2n) is 4.72. The lowest BCUT2D eigenvalue weighted by Crippen LogP contribution is -2.10. The van der Waals surface area contributed by atoms with Gasteiger partial charge >= 0.3 is 0 Å². The molecule has 0 aliphatic heterocycles. The third kappa shape index (κ3) is 2.88. The molecule has 21 heavy (non-hydrogen) atoms. The Morgan fingerprint density at radius 1 is 1.38 bits per heavy atom. The maximum absolute atomic E-state index is 12.0. The second-order valence-corrected chi connectivity index (χ2v) is 7.04. The van der Waals surface area contributed by atoms with Crippen LogP contribution in [-0.4, -0.2) is 20.7 Å². The van der Waals surface area contributed by atoms with Gasteiger partial charge in [-0.15, -0.1) is 22.7 Å². The van der Waals surface area contributed by atoms with Crippen LogP contribution in [0.2, 0.25) is 0 Å². The number of hydrogen-bond acceptors (Lipinski definition) is 5. The third-order valence-corrected chi connectivity index (χ3v) is 4.73. The molecule has 0 aliphatic carbocycles. The molecule has 0 spiro atoms. The number of aryl methyl sites for hydroxylation is 3. The SMILES string of the molecule is Cc1cc(-c2csc(NC(=O)c3cnn(C)c3)n2)c(C)s1. The van der Waals surface area contributed by atoms with E-state index in [1.165, 1.54) is 27.3 Å². The number of anilines is 1. The van der Waals surface area contributed by atoms with Crippen molar-refractivity contribution in [1.82, 2.24) is 14.8 Å². The standard InChI is InChI=1S/C14H14N4OS2/c1-8-4-11(9(2)21-8)12-7-20-14(16-12)17-13(19)10-5-15-18(3)6-10/h4-7H,1-3H3,(H,16,17,19). The molecule has 3 aromatic heterocycles.